The maximum Gasteiger partial charge on any atom is 0.272 e. The Morgan fingerprint density at radius 2 is 1.79 bits per heavy atom. The highest BCUT2D eigenvalue weighted by atomic mass is 16.5. The third kappa shape index (κ3) is 3.96. The summed E-state index contributed by atoms with van der Waals surface area (Å²) in [6.07, 6.45) is 2.37. The number of piperidine rings is 1. The van der Waals surface area contributed by atoms with Gasteiger partial charge < -0.3 is 14.7 Å². The number of benzene rings is 2. The van der Waals surface area contributed by atoms with Gasteiger partial charge in [-0.05, 0) is 42.3 Å². The number of aliphatic hydroxyl groups is 1. The lowest BCUT2D eigenvalue weighted by Gasteiger charge is -2.41. The van der Waals surface area contributed by atoms with E-state index in [0.29, 0.717) is 24.7 Å². The first-order valence-electron chi connectivity index (χ1n) is 10.0. The monoisotopic (exact) mass is 390 g/mol. The lowest BCUT2D eigenvalue weighted by molar-refractivity contribution is 0.0354. The first kappa shape index (κ1) is 19.4. The third-order valence-corrected chi connectivity index (χ3v) is 5.99. The van der Waals surface area contributed by atoms with Gasteiger partial charge in [0.15, 0.2) is 0 Å². The molecular weight excluding hydrogens is 364 g/mol. The van der Waals surface area contributed by atoms with Gasteiger partial charge in [-0.3, -0.25) is 4.79 Å². The van der Waals surface area contributed by atoms with Gasteiger partial charge in [0.1, 0.15) is 5.69 Å². The quantitative estimate of drug-likeness (QED) is 0.722. The summed E-state index contributed by atoms with van der Waals surface area (Å²) in [6, 6.07) is 19.9. The summed E-state index contributed by atoms with van der Waals surface area (Å²) in [5, 5.41) is 11.9. The zero-order chi connectivity index (χ0) is 20.3. The topological polar surface area (TPSA) is 62.7 Å². The van der Waals surface area contributed by atoms with E-state index in [2.05, 4.69) is 17.1 Å². The fourth-order valence-corrected chi connectivity index (χ4v) is 4.20. The molecule has 1 amide bonds. The number of amides is 1. The van der Waals surface area contributed by atoms with E-state index in [4.69, 9.17) is 4.74 Å². The molecule has 1 aliphatic rings. The van der Waals surface area contributed by atoms with E-state index in [1.807, 2.05) is 53.4 Å². The van der Waals surface area contributed by atoms with Crippen molar-refractivity contribution in [3.63, 3.8) is 0 Å². The summed E-state index contributed by atoms with van der Waals surface area (Å²) in [7, 11) is 1.57. The molecule has 0 saturated carbocycles. The molecule has 0 radical (unpaired) electrons. The van der Waals surface area contributed by atoms with Crippen LogP contribution in [-0.2, 0) is 6.42 Å². The smallest absolute Gasteiger partial charge is 0.272 e. The number of rotatable bonds is 5. The molecule has 0 aliphatic carbocycles. The summed E-state index contributed by atoms with van der Waals surface area (Å²) in [5.41, 5.74) is 1.45. The van der Waals surface area contributed by atoms with E-state index in [9.17, 15) is 9.90 Å². The Morgan fingerprint density at radius 1 is 1.10 bits per heavy atom. The molecule has 5 nitrogen and oxygen atoms in total. The van der Waals surface area contributed by atoms with Crippen LogP contribution in [0.25, 0.3) is 10.8 Å². The van der Waals surface area contributed by atoms with Gasteiger partial charge >= 0.3 is 0 Å². The van der Waals surface area contributed by atoms with Crippen molar-refractivity contribution in [1.29, 1.82) is 0 Å². The van der Waals surface area contributed by atoms with Crippen LogP contribution >= 0.6 is 0 Å². The van der Waals surface area contributed by atoms with Crippen molar-refractivity contribution < 1.29 is 14.6 Å². The molecule has 5 heteroatoms. The summed E-state index contributed by atoms with van der Waals surface area (Å²) < 4.78 is 5.41. The van der Waals surface area contributed by atoms with Crippen molar-refractivity contribution in [2.24, 2.45) is 5.41 Å². The van der Waals surface area contributed by atoms with Crippen LogP contribution in [0.1, 0.15) is 28.9 Å². The average molecular weight is 390 g/mol. The molecule has 1 aliphatic heterocycles. The molecule has 1 saturated heterocycles. The average Bonchev–Trinajstić information content (AvgIpc) is 2.79. The lowest BCUT2D eigenvalue weighted by Crippen LogP contribution is -2.45. The van der Waals surface area contributed by atoms with E-state index in [1.54, 1.807) is 7.11 Å². The molecular formula is C24H26N2O3. The maximum absolute atomic E-state index is 13.1. The lowest BCUT2D eigenvalue weighted by atomic mass is 9.74. The molecule has 29 heavy (non-hydrogen) atoms. The van der Waals surface area contributed by atoms with Crippen molar-refractivity contribution in [3.8, 4) is 5.88 Å². The van der Waals surface area contributed by atoms with E-state index < -0.39 is 0 Å². The fraction of sp³-hybridized carbons (Fsp3) is 0.333. The van der Waals surface area contributed by atoms with Crippen LogP contribution < -0.4 is 4.74 Å². The van der Waals surface area contributed by atoms with Crippen molar-refractivity contribution in [3.05, 3.63) is 71.9 Å². The second-order valence-corrected chi connectivity index (χ2v) is 7.85. The molecule has 1 aromatic heterocycles. The number of methoxy groups -OCH3 is 1. The zero-order valence-corrected chi connectivity index (χ0v) is 16.7. The number of hydrogen-bond acceptors (Lipinski definition) is 4. The van der Waals surface area contributed by atoms with Gasteiger partial charge in [-0.2, -0.15) is 0 Å². The molecule has 4 rings (SSSR count). The summed E-state index contributed by atoms with van der Waals surface area (Å²) in [4.78, 5) is 19.4. The highest BCUT2D eigenvalue weighted by Gasteiger charge is 2.36. The van der Waals surface area contributed by atoms with Crippen LogP contribution in [0.5, 0.6) is 5.88 Å². The number of nitrogens with zero attached hydrogens (tertiary/aromatic N) is 2. The number of hydrogen-bond donors (Lipinski definition) is 1. The van der Waals surface area contributed by atoms with Crippen LogP contribution in [0.2, 0.25) is 0 Å². The largest absolute Gasteiger partial charge is 0.481 e. The molecule has 1 N–H and O–H groups in total. The van der Waals surface area contributed by atoms with Gasteiger partial charge in [-0.25, -0.2) is 4.98 Å². The third-order valence-electron chi connectivity index (χ3n) is 5.99. The second kappa shape index (κ2) is 8.21. The van der Waals surface area contributed by atoms with Gasteiger partial charge in [0.25, 0.3) is 5.91 Å². The summed E-state index contributed by atoms with van der Waals surface area (Å²) in [6.45, 7) is 1.36. The molecule has 2 heterocycles. The molecule has 1 fully saturated rings. The van der Waals surface area contributed by atoms with Crippen molar-refractivity contribution in [1.82, 2.24) is 9.88 Å². The second-order valence-electron chi connectivity index (χ2n) is 7.85. The number of pyridine rings is 1. The van der Waals surface area contributed by atoms with Crippen molar-refractivity contribution >= 4 is 16.7 Å². The van der Waals surface area contributed by atoms with Gasteiger partial charge in [0, 0.05) is 30.5 Å². The molecule has 2 aromatic carbocycles. The van der Waals surface area contributed by atoms with Gasteiger partial charge in [-0.1, -0.05) is 48.5 Å². The Labute approximate surface area is 170 Å². The number of aliphatic hydroxyl groups excluding tert-OH is 1. The summed E-state index contributed by atoms with van der Waals surface area (Å²) in [5.74, 6) is 0.387. The van der Waals surface area contributed by atoms with Crippen LogP contribution in [0, 0.1) is 5.41 Å². The number of carbonyl (C=O) groups is 1. The molecule has 3 aromatic rings. The van der Waals surface area contributed by atoms with Crippen LogP contribution in [-0.4, -0.2) is 47.7 Å². The van der Waals surface area contributed by atoms with Gasteiger partial charge in [0.2, 0.25) is 5.88 Å². The highest BCUT2D eigenvalue weighted by Crippen LogP contribution is 2.35. The number of fused-ring (bicyclic) bond motifs is 1. The van der Waals surface area contributed by atoms with E-state index in [0.717, 1.165) is 30.0 Å². The number of likely N-dealkylation sites (tertiary alicyclic amines) is 1. The normalized spacial score (nSPS) is 16.0. The van der Waals surface area contributed by atoms with E-state index >= 15 is 0 Å². The van der Waals surface area contributed by atoms with E-state index in [1.165, 1.54) is 5.56 Å². The molecule has 0 spiro atoms. The maximum atomic E-state index is 13.1. The minimum atomic E-state index is -0.174. The fourth-order valence-electron chi connectivity index (χ4n) is 4.20. The summed E-state index contributed by atoms with van der Waals surface area (Å²) >= 11 is 0. The van der Waals surface area contributed by atoms with Crippen molar-refractivity contribution in [2.75, 3.05) is 26.8 Å². The number of aromatic nitrogens is 1. The first-order valence-corrected chi connectivity index (χ1v) is 10.0. The minimum Gasteiger partial charge on any atom is -0.481 e. The predicted octanol–water partition coefficient (Wildman–Crippen LogP) is 3.70. The Hall–Kier alpha value is -2.92. The van der Waals surface area contributed by atoms with Crippen LogP contribution in [0.3, 0.4) is 0 Å². The van der Waals surface area contributed by atoms with Gasteiger partial charge in [-0.15, -0.1) is 0 Å². The molecule has 0 bridgehead atoms. The standard InChI is InChI=1S/C24H26N2O3/c1-29-22-20-10-6-5-9-19(20)15-21(25-22)23(28)26-13-11-24(17-27,12-14-26)16-18-7-3-2-4-8-18/h2-10,15,27H,11-14,16-17H2,1H3. The Kier molecular flexibility index (Phi) is 5.49. The zero-order valence-electron chi connectivity index (χ0n) is 16.7. The van der Waals surface area contributed by atoms with Crippen LogP contribution in [0.4, 0.5) is 0 Å². The van der Waals surface area contributed by atoms with Crippen molar-refractivity contribution in [2.45, 2.75) is 19.3 Å². The SMILES string of the molecule is COc1nc(C(=O)N2CCC(CO)(Cc3ccccc3)CC2)cc2ccccc12. The molecule has 0 atom stereocenters. The van der Waals surface area contributed by atoms with E-state index in [-0.39, 0.29) is 17.9 Å². The highest BCUT2D eigenvalue weighted by molar-refractivity contribution is 5.98. The molecule has 0 unspecified atom stereocenters. The Balaban J connectivity index is 1.51. The number of carbonyl (C=O) groups excluding carboxylic acids is 1. The van der Waals surface area contributed by atoms with Crippen LogP contribution in [0.15, 0.2) is 60.7 Å². The Morgan fingerprint density at radius 3 is 2.48 bits per heavy atom. The van der Waals surface area contributed by atoms with Gasteiger partial charge in [0.05, 0.1) is 7.11 Å². The molecule has 150 valence electrons. The number of ether oxygens (including phenoxy) is 1. The first-order chi connectivity index (χ1) is 14.1. The Bertz CT molecular complexity index is 995. The predicted molar refractivity (Wildman–Crippen MR) is 113 cm³/mol. The minimum absolute atomic E-state index is 0.0831.